The fraction of sp³-hybridized carbons (Fsp3) is 0.520. The van der Waals surface area contributed by atoms with Crippen LogP contribution in [0.15, 0.2) is 36.5 Å². The zero-order valence-electron chi connectivity index (χ0n) is 19.0. The molecule has 2 aliphatic heterocycles. The number of fused-ring (bicyclic) bond motifs is 4. The van der Waals surface area contributed by atoms with Crippen LogP contribution in [-0.2, 0) is 4.74 Å². The van der Waals surface area contributed by atoms with E-state index in [-0.39, 0.29) is 6.04 Å². The lowest BCUT2D eigenvalue weighted by Crippen LogP contribution is -2.35. The maximum absolute atomic E-state index is 11.8. The van der Waals surface area contributed by atoms with Crippen LogP contribution >= 0.6 is 0 Å². The smallest absolute Gasteiger partial charge is 0.411 e. The molecule has 0 spiro atoms. The van der Waals surface area contributed by atoms with Gasteiger partial charge in [-0.25, -0.2) is 4.79 Å². The van der Waals surface area contributed by atoms with E-state index in [9.17, 15) is 4.79 Å². The van der Waals surface area contributed by atoms with Crippen LogP contribution in [0.25, 0.3) is 11.1 Å². The fourth-order valence-corrected chi connectivity index (χ4v) is 4.77. The Morgan fingerprint density at radius 3 is 2.78 bits per heavy atom. The van der Waals surface area contributed by atoms with Gasteiger partial charge in [0.1, 0.15) is 0 Å². The van der Waals surface area contributed by atoms with Gasteiger partial charge >= 0.3 is 6.09 Å². The van der Waals surface area contributed by atoms with Gasteiger partial charge in [0.2, 0.25) is 0 Å². The Hall–Kier alpha value is -2.64. The van der Waals surface area contributed by atoms with Gasteiger partial charge in [0.05, 0.1) is 12.8 Å². The molecular formula is C25H35N5O2. The number of likely N-dealkylation sites (tertiary alicyclic amines) is 1. The number of amides is 1. The molecule has 1 aromatic heterocycles. The van der Waals surface area contributed by atoms with Gasteiger partial charge in [0.15, 0.2) is 0 Å². The highest BCUT2D eigenvalue weighted by molar-refractivity contribution is 5.88. The van der Waals surface area contributed by atoms with Crippen LogP contribution in [0.1, 0.15) is 56.7 Å². The number of nitrogens with zero attached hydrogens (tertiary/aromatic N) is 2. The van der Waals surface area contributed by atoms with Gasteiger partial charge < -0.3 is 20.7 Å². The zero-order valence-corrected chi connectivity index (χ0v) is 19.0. The van der Waals surface area contributed by atoms with Crippen molar-refractivity contribution < 1.29 is 9.53 Å². The minimum absolute atomic E-state index is 0.0484. The number of nitrogens with two attached hydrogens (primary N) is 1. The second kappa shape index (κ2) is 10.8. The summed E-state index contributed by atoms with van der Waals surface area (Å²) in [5.74, 6) is 0. The van der Waals surface area contributed by atoms with Gasteiger partial charge in [-0.3, -0.25) is 10.3 Å². The van der Waals surface area contributed by atoms with Crippen LogP contribution in [-0.4, -0.2) is 48.8 Å². The summed E-state index contributed by atoms with van der Waals surface area (Å²) >= 11 is 0. The first kappa shape index (κ1) is 22.6. The van der Waals surface area contributed by atoms with Crippen molar-refractivity contribution in [2.75, 3.05) is 37.4 Å². The third kappa shape index (κ3) is 5.78. The summed E-state index contributed by atoms with van der Waals surface area (Å²) in [6.45, 7) is 3.39. The molecule has 2 bridgehead atoms. The number of ether oxygens (including phenoxy) is 1. The molecule has 2 aliphatic rings. The molecule has 0 saturated carbocycles. The molecule has 4 N–H and O–H groups in total. The number of hydrogen-bond acceptors (Lipinski definition) is 6. The molecule has 1 saturated heterocycles. The first-order chi connectivity index (χ1) is 15.6. The largest absolute Gasteiger partial charge is 0.453 e. The Morgan fingerprint density at radius 1 is 1.16 bits per heavy atom. The number of hydrogen-bond donors (Lipinski definition) is 3. The van der Waals surface area contributed by atoms with Crippen LogP contribution in [0.4, 0.5) is 16.2 Å². The number of nitrogens with one attached hydrogen (secondary N) is 2. The van der Waals surface area contributed by atoms with Gasteiger partial charge in [-0.05, 0) is 68.6 Å². The van der Waals surface area contributed by atoms with Gasteiger partial charge in [-0.2, -0.15) is 0 Å². The molecule has 3 heterocycles. The van der Waals surface area contributed by atoms with Crippen LogP contribution in [0, 0.1) is 0 Å². The van der Waals surface area contributed by atoms with E-state index in [1.807, 2.05) is 30.5 Å². The average Bonchev–Trinajstić information content (AvgIpc) is 3.31. The summed E-state index contributed by atoms with van der Waals surface area (Å²) in [7, 11) is 1.37. The van der Waals surface area contributed by atoms with Gasteiger partial charge in [0, 0.05) is 41.8 Å². The van der Waals surface area contributed by atoms with Crippen LogP contribution in [0.5, 0.6) is 0 Å². The van der Waals surface area contributed by atoms with E-state index in [4.69, 9.17) is 10.5 Å². The minimum Gasteiger partial charge on any atom is -0.453 e. The SMILES string of the molecule is COC(=O)Nc1ccc2c(c1)N[C@@H](CN1CCCC1)CCCCC[C@H](N)c1cc-2ccn1. The molecule has 0 unspecified atom stereocenters. The first-order valence-electron chi connectivity index (χ1n) is 11.8. The number of aromatic nitrogens is 1. The van der Waals surface area contributed by atoms with E-state index in [1.165, 1.54) is 45.9 Å². The number of anilines is 2. The summed E-state index contributed by atoms with van der Waals surface area (Å²) in [6, 6.07) is 10.4. The highest BCUT2D eigenvalue weighted by atomic mass is 16.5. The molecular weight excluding hydrogens is 402 g/mol. The summed E-state index contributed by atoms with van der Waals surface area (Å²) in [5, 5.41) is 6.63. The summed E-state index contributed by atoms with van der Waals surface area (Å²) in [5.41, 5.74) is 11.3. The molecule has 0 aliphatic carbocycles. The second-order valence-corrected chi connectivity index (χ2v) is 8.94. The number of benzene rings is 1. The van der Waals surface area contributed by atoms with Crippen molar-refractivity contribution in [3.8, 4) is 11.1 Å². The summed E-state index contributed by atoms with van der Waals surface area (Å²) < 4.78 is 4.78. The molecule has 2 aromatic rings. The molecule has 1 fully saturated rings. The van der Waals surface area contributed by atoms with Crippen molar-refractivity contribution in [2.45, 2.75) is 57.0 Å². The molecule has 172 valence electrons. The Labute approximate surface area is 190 Å². The van der Waals surface area contributed by atoms with Crippen LogP contribution in [0.3, 0.4) is 0 Å². The maximum Gasteiger partial charge on any atom is 0.411 e. The van der Waals surface area contributed by atoms with E-state index in [0.717, 1.165) is 48.3 Å². The molecule has 7 heteroatoms. The van der Waals surface area contributed by atoms with Gasteiger partial charge in [-0.15, -0.1) is 0 Å². The second-order valence-electron chi connectivity index (χ2n) is 8.94. The Morgan fingerprint density at radius 2 is 1.97 bits per heavy atom. The number of rotatable bonds is 3. The Balaban J connectivity index is 1.69. The lowest BCUT2D eigenvalue weighted by molar-refractivity contribution is 0.187. The van der Waals surface area contributed by atoms with Crippen molar-refractivity contribution >= 4 is 17.5 Å². The molecule has 1 aromatic carbocycles. The normalized spacial score (nSPS) is 21.9. The molecule has 0 radical (unpaired) electrons. The van der Waals surface area contributed by atoms with E-state index >= 15 is 0 Å². The monoisotopic (exact) mass is 437 g/mol. The van der Waals surface area contributed by atoms with Crippen molar-refractivity contribution in [1.29, 1.82) is 0 Å². The lowest BCUT2D eigenvalue weighted by Gasteiger charge is -2.27. The molecule has 2 atom stereocenters. The standard InChI is InChI=1S/C25H35N5O2/c1-32-25(31)29-19-9-10-21-18-11-12-27-24(15-18)22(26)8-4-2-3-7-20(28-23(21)16-19)17-30-13-5-6-14-30/h9-12,15-16,20,22,28H,2-8,13-14,17,26H2,1H3,(H,29,31)/t20-,22+/m1/s1. The van der Waals surface area contributed by atoms with Crippen LogP contribution < -0.4 is 16.4 Å². The number of pyridine rings is 1. The lowest BCUT2D eigenvalue weighted by atomic mass is 10.00. The average molecular weight is 438 g/mol. The molecule has 32 heavy (non-hydrogen) atoms. The van der Waals surface area contributed by atoms with E-state index in [1.54, 1.807) is 0 Å². The molecule has 7 nitrogen and oxygen atoms in total. The third-order valence-electron chi connectivity index (χ3n) is 6.53. The molecule has 1 amide bonds. The highest BCUT2D eigenvalue weighted by Gasteiger charge is 2.20. The van der Waals surface area contributed by atoms with Crippen molar-refractivity contribution in [2.24, 2.45) is 5.73 Å². The quantitative estimate of drug-likeness (QED) is 0.641. The predicted molar refractivity (Wildman–Crippen MR) is 129 cm³/mol. The summed E-state index contributed by atoms with van der Waals surface area (Å²) in [4.78, 5) is 18.9. The highest BCUT2D eigenvalue weighted by Crippen LogP contribution is 2.33. The van der Waals surface area contributed by atoms with E-state index < -0.39 is 6.09 Å². The third-order valence-corrected chi connectivity index (χ3v) is 6.53. The Bertz CT molecular complexity index is 913. The number of carbonyl (C=O) groups is 1. The minimum atomic E-state index is -0.472. The van der Waals surface area contributed by atoms with Crippen molar-refractivity contribution in [3.05, 3.63) is 42.2 Å². The van der Waals surface area contributed by atoms with Crippen LogP contribution in [0.2, 0.25) is 0 Å². The van der Waals surface area contributed by atoms with E-state index in [2.05, 4.69) is 26.6 Å². The van der Waals surface area contributed by atoms with Gasteiger partial charge in [-0.1, -0.05) is 25.3 Å². The van der Waals surface area contributed by atoms with E-state index in [0.29, 0.717) is 11.7 Å². The number of methoxy groups -OCH3 is 1. The summed E-state index contributed by atoms with van der Waals surface area (Å²) in [6.07, 6.45) is 9.45. The van der Waals surface area contributed by atoms with Gasteiger partial charge in [0.25, 0.3) is 0 Å². The zero-order chi connectivity index (χ0) is 22.3. The maximum atomic E-state index is 11.8. The molecule has 4 rings (SSSR count). The first-order valence-corrected chi connectivity index (χ1v) is 11.8. The topological polar surface area (TPSA) is 92.5 Å². The Kier molecular flexibility index (Phi) is 7.60. The number of carbonyl (C=O) groups excluding carboxylic acids is 1. The van der Waals surface area contributed by atoms with Crippen molar-refractivity contribution in [3.63, 3.8) is 0 Å². The van der Waals surface area contributed by atoms with Crippen molar-refractivity contribution in [1.82, 2.24) is 9.88 Å². The fourth-order valence-electron chi connectivity index (χ4n) is 4.77. The predicted octanol–water partition coefficient (Wildman–Crippen LogP) is 4.77.